The van der Waals surface area contributed by atoms with Crippen LogP contribution < -0.4 is 4.74 Å². The van der Waals surface area contributed by atoms with Gasteiger partial charge in [0.15, 0.2) is 5.89 Å². The van der Waals surface area contributed by atoms with Crippen LogP contribution in [0.3, 0.4) is 0 Å². The molecule has 0 radical (unpaired) electrons. The number of carboxylic acid groups (broad SMARTS) is 1. The Balaban J connectivity index is 2.27. The number of methoxy groups -OCH3 is 1. The van der Waals surface area contributed by atoms with Gasteiger partial charge in [-0.15, -0.1) is 0 Å². The third kappa shape index (κ3) is 2.48. The summed E-state index contributed by atoms with van der Waals surface area (Å²) in [5.74, 6) is -1.17. The van der Waals surface area contributed by atoms with Crippen LogP contribution in [0, 0.1) is 5.82 Å². The van der Waals surface area contributed by atoms with Gasteiger partial charge in [-0.2, -0.15) is 0 Å². The molecule has 18 heavy (non-hydrogen) atoms. The van der Waals surface area contributed by atoms with Gasteiger partial charge in [-0.05, 0) is 18.2 Å². The van der Waals surface area contributed by atoms with E-state index in [9.17, 15) is 9.18 Å². The summed E-state index contributed by atoms with van der Waals surface area (Å²) in [4.78, 5) is 14.4. The van der Waals surface area contributed by atoms with Crippen LogP contribution in [-0.2, 0) is 6.42 Å². The lowest BCUT2D eigenvalue weighted by Gasteiger charge is -2.06. The van der Waals surface area contributed by atoms with E-state index in [1.54, 1.807) is 0 Å². The molecule has 94 valence electrons. The Morgan fingerprint density at radius 3 is 2.94 bits per heavy atom. The van der Waals surface area contributed by atoms with Crippen LogP contribution in [-0.4, -0.2) is 23.2 Å². The second-order valence-electron chi connectivity index (χ2n) is 3.56. The van der Waals surface area contributed by atoms with E-state index in [-0.39, 0.29) is 18.1 Å². The second kappa shape index (κ2) is 4.87. The molecule has 1 heterocycles. The van der Waals surface area contributed by atoms with Crippen LogP contribution in [0.2, 0.25) is 0 Å². The zero-order chi connectivity index (χ0) is 13.1. The molecule has 5 nitrogen and oxygen atoms in total. The molecule has 0 unspecified atom stereocenters. The predicted molar refractivity (Wildman–Crippen MR) is 59.2 cm³/mol. The lowest BCUT2D eigenvalue weighted by Crippen LogP contribution is -1.95. The molecule has 2 aromatic rings. The number of nitrogens with zero attached hydrogens (tertiary/aromatic N) is 1. The molecule has 0 spiro atoms. The Bertz CT molecular complexity index is 579. The van der Waals surface area contributed by atoms with Crippen LogP contribution in [0.25, 0.3) is 0 Å². The quantitative estimate of drug-likeness (QED) is 0.900. The standard InChI is InChI=1S/C12H10FNO4/c1-17-9-3-2-8(13)4-7(9)5-11-14-6-10(18-11)12(15)16/h2-4,6H,5H2,1H3,(H,15,16). The predicted octanol–water partition coefficient (Wildman–Crippen LogP) is 2.11. The second-order valence-corrected chi connectivity index (χ2v) is 3.56. The van der Waals surface area contributed by atoms with Gasteiger partial charge in [0.05, 0.1) is 19.7 Å². The first-order chi connectivity index (χ1) is 8.60. The van der Waals surface area contributed by atoms with Gasteiger partial charge in [0.1, 0.15) is 11.6 Å². The van der Waals surface area contributed by atoms with E-state index in [1.165, 1.54) is 25.3 Å². The van der Waals surface area contributed by atoms with E-state index in [4.69, 9.17) is 14.3 Å². The van der Waals surface area contributed by atoms with Gasteiger partial charge in [-0.25, -0.2) is 14.2 Å². The Labute approximate surface area is 102 Å². The summed E-state index contributed by atoms with van der Waals surface area (Å²) in [6, 6.07) is 4.07. The van der Waals surface area contributed by atoms with Crippen molar-refractivity contribution in [3.8, 4) is 5.75 Å². The first-order valence-corrected chi connectivity index (χ1v) is 5.10. The first kappa shape index (κ1) is 12.1. The van der Waals surface area contributed by atoms with Crippen LogP contribution in [0.4, 0.5) is 4.39 Å². The summed E-state index contributed by atoms with van der Waals surface area (Å²) in [5, 5.41) is 8.69. The Hall–Kier alpha value is -2.37. The molecular weight excluding hydrogens is 241 g/mol. The largest absolute Gasteiger partial charge is 0.496 e. The van der Waals surface area contributed by atoms with Crippen LogP contribution in [0.1, 0.15) is 22.0 Å². The van der Waals surface area contributed by atoms with Gasteiger partial charge >= 0.3 is 5.97 Å². The summed E-state index contributed by atoms with van der Waals surface area (Å²) in [5.41, 5.74) is 0.538. The number of carbonyl (C=O) groups is 1. The third-order valence-corrected chi connectivity index (χ3v) is 2.35. The Morgan fingerprint density at radius 2 is 2.33 bits per heavy atom. The molecule has 0 aliphatic carbocycles. The van der Waals surface area contributed by atoms with Crippen molar-refractivity contribution in [2.45, 2.75) is 6.42 Å². The number of ether oxygens (including phenoxy) is 1. The van der Waals surface area contributed by atoms with Crippen LogP contribution >= 0.6 is 0 Å². The maximum absolute atomic E-state index is 13.1. The van der Waals surface area contributed by atoms with Crippen LogP contribution in [0.15, 0.2) is 28.8 Å². The van der Waals surface area contributed by atoms with E-state index in [1.807, 2.05) is 0 Å². The minimum Gasteiger partial charge on any atom is -0.496 e. The zero-order valence-corrected chi connectivity index (χ0v) is 9.51. The van der Waals surface area contributed by atoms with Gasteiger partial charge < -0.3 is 14.3 Å². The average Bonchev–Trinajstić information content (AvgIpc) is 2.78. The minimum atomic E-state index is -1.19. The average molecular weight is 251 g/mol. The van der Waals surface area contributed by atoms with Gasteiger partial charge in [0.2, 0.25) is 5.76 Å². The summed E-state index contributed by atoms with van der Waals surface area (Å²) < 4.78 is 23.2. The molecule has 0 saturated heterocycles. The number of hydrogen-bond acceptors (Lipinski definition) is 4. The molecule has 0 amide bonds. The van der Waals surface area contributed by atoms with Crippen molar-refractivity contribution in [3.05, 3.63) is 47.4 Å². The molecule has 1 aromatic heterocycles. The fourth-order valence-electron chi connectivity index (χ4n) is 1.54. The monoisotopic (exact) mass is 251 g/mol. The van der Waals surface area contributed by atoms with Crippen molar-refractivity contribution < 1.29 is 23.4 Å². The van der Waals surface area contributed by atoms with Crippen molar-refractivity contribution in [2.24, 2.45) is 0 Å². The van der Waals surface area contributed by atoms with Gasteiger partial charge in [-0.3, -0.25) is 0 Å². The maximum atomic E-state index is 13.1. The fourth-order valence-corrected chi connectivity index (χ4v) is 1.54. The highest BCUT2D eigenvalue weighted by Crippen LogP contribution is 2.22. The Kier molecular flexibility index (Phi) is 3.27. The van der Waals surface area contributed by atoms with E-state index in [0.717, 1.165) is 6.20 Å². The number of oxazole rings is 1. The number of aromatic carboxylic acids is 1. The molecule has 0 aliphatic heterocycles. The molecule has 1 aromatic carbocycles. The van der Waals surface area contributed by atoms with Gasteiger partial charge in [0, 0.05) is 5.56 Å². The van der Waals surface area contributed by atoms with Crippen molar-refractivity contribution in [1.82, 2.24) is 4.98 Å². The van der Waals surface area contributed by atoms with Gasteiger partial charge in [-0.1, -0.05) is 0 Å². The lowest BCUT2D eigenvalue weighted by molar-refractivity contribution is 0.0660. The number of rotatable bonds is 4. The molecule has 6 heteroatoms. The molecule has 0 bridgehead atoms. The number of halogens is 1. The molecule has 0 saturated carbocycles. The topological polar surface area (TPSA) is 72.6 Å². The maximum Gasteiger partial charge on any atom is 0.373 e. The summed E-state index contributed by atoms with van der Waals surface area (Å²) in [6.07, 6.45) is 1.28. The van der Waals surface area contributed by atoms with E-state index in [2.05, 4.69) is 4.98 Å². The molecule has 2 rings (SSSR count). The summed E-state index contributed by atoms with van der Waals surface area (Å²) in [7, 11) is 1.47. The van der Waals surface area contributed by atoms with E-state index >= 15 is 0 Å². The minimum absolute atomic E-state index is 0.161. The molecule has 1 N–H and O–H groups in total. The van der Waals surface area contributed by atoms with E-state index < -0.39 is 11.8 Å². The number of benzene rings is 1. The molecular formula is C12H10FNO4. The van der Waals surface area contributed by atoms with E-state index in [0.29, 0.717) is 11.3 Å². The smallest absolute Gasteiger partial charge is 0.373 e. The fraction of sp³-hybridized carbons (Fsp3) is 0.167. The van der Waals surface area contributed by atoms with Crippen molar-refractivity contribution in [1.29, 1.82) is 0 Å². The zero-order valence-electron chi connectivity index (χ0n) is 9.51. The Morgan fingerprint density at radius 1 is 1.56 bits per heavy atom. The van der Waals surface area contributed by atoms with Crippen molar-refractivity contribution in [2.75, 3.05) is 7.11 Å². The number of hydrogen-bond donors (Lipinski definition) is 1. The highest BCUT2D eigenvalue weighted by atomic mass is 19.1. The SMILES string of the molecule is COc1ccc(F)cc1Cc1ncc(C(=O)O)o1. The van der Waals surface area contributed by atoms with Gasteiger partial charge in [0.25, 0.3) is 0 Å². The molecule has 0 fully saturated rings. The molecule has 0 aliphatic rings. The summed E-state index contributed by atoms with van der Waals surface area (Å²) in [6.45, 7) is 0. The van der Waals surface area contributed by atoms with Crippen molar-refractivity contribution in [3.63, 3.8) is 0 Å². The normalized spacial score (nSPS) is 10.3. The first-order valence-electron chi connectivity index (χ1n) is 5.10. The highest BCUT2D eigenvalue weighted by molar-refractivity contribution is 5.83. The number of carboxylic acids is 1. The summed E-state index contributed by atoms with van der Waals surface area (Å²) >= 11 is 0. The lowest BCUT2D eigenvalue weighted by atomic mass is 10.1. The highest BCUT2D eigenvalue weighted by Gasteiger charge is 2.13. The van der Waals surface area contributed by atoms with Crippen LogP contribution in [0.5, 0.6) is 5.75 Å². The number of aromatic nitrogens is 1. The molecule has 0 atom stereocenters. The third-order valence-electron chi connectivity index (χ3n) is 2.35. The van der Waals surface area contributed by atoms with Crippen molar-refractivity contribution >= 4 is 5.97 Å².